The lowest BCUT2D eigenvalue weighted by atomic mass is 10.0. The van der Waals surface area contributed by atoms with Crippen LogP contribution in [0, 0.1) is 0 Å². The third-order valence-corrected chi connectivity index (χ3v) is 8.41. The summed E-state index contributed by atoms with van der Waals surface area (Å²) in [4.78, 5) is 67.7. The Morgan fingerprint density at radius 2 is 1.93 bits per heavy atom. The van der Waals surface area contributed by atoms with Crippen molar-refractivity contribution in [2.24, 2.45) is 0 Å². The number of thiazole rings is 1. The lowest BCUT2D eigenvalue weighted by Crippen LogP contribution is -2.76. The second-order valence-electron chi connectivity index (χ2n) is 10.4. The van der Waals surface area contributed by atoms with Crippen molar-refractivity contribution in [1.29, 1.82) is 0 Å². The molecule has 0 radical (unpaired) electrons. The zero-order valence-electron chi connectivity index (χ0n) is 23.3. The number of nitrogens with one attached hydrogen (secondary N) is 2. The summed E-state index contributed by atoms with van der Waals surface area (Å²) in [6, 6.07) is 15.6. The Bertz CT molecular complexity index is 1720. The normalized spacial score (nSPS) is 19.0. The second kappa shape index (κ2) is 12.2. The molecule has 4 aromatic rings. The van der Waals surface area contributed by atoms with Crippen molar-refractivity contribution in [2.75, 3.05) is 19.6 Å². The number of carbonyl (C=O) groups excluding carboxylic acids is 3. The van der Waals surface area contributed by atoms with E-state index >= 15 is 0 Å². The molecule has 4 heterocycles. The van der Waals surface area contributed by atoms with Gasteiger partial charge in [-0.25, -0.2) is 29.6 Å². The molecule has 4 amide bonds. The maximum atomic E-state index is 14.1. The summed E-state index contributed by atoms with van der Waals surface area (Å²) in [5, 5.41) is 6.15. The van der Waals surface area contributed by atoms with E-state index in [1.54, 1.807) is 27.6 Å². The van der Waals surface area contributed by atoms with E-state index in [9.17, 15) is 19.2 Å². The van der Waals surface area contributed by atoms with Crippen LogP contribution in [0.1, 0.15) is 16.8 Å². The first-order valence-electron chi connectivity index (χ1n) is 13.8. The van der Waals surface area contributed by atoms with Crippen molar-refractivity contribution in [1.82, 2.24) is 40.1 Å². The quantitative estimate of drug-likeness (QED) is 0.297. The molecule has 0 saturated carbocycles. The molecule has 12 nitrogen and oxygen atoms in total. The summed E-state index contributed by atoms with van der Waals surface area (Å²) >= 11 is 1.52. The highest BCUT2D eigenvalue weighted by Gasteiger charge is 2.51. The van der Waals surface area contributed by atoms with Gasteiger partial charge in [-0.05, 0) is 23.3 Å². The number of nitrogens with zero attached hydrogens (tertiary/aromatic N) is 6. The van der Waals surface area contributed by atoms with Gasteiger partial charge in [-0.15, -0.1) is 17.9 Å². The van der Waals surface area contributed by atoms with Gasteiger partial charge < -0.3 is 20.1 Å². The minimum atomic E-state index is -0.964. The summed E-state index contributed by atoms with van der Waals surface area (Å²) in [5.41, 5.74) is 4.27. The third kappa shape index (κ3) is 5.76. The van der Waals surface area contributed by atoms with Crippen LogP contribution in [0.25, 0.3) is 10.2 Å². The molecule has 2 saturated heterocycles. The number of piperazine rings is 1. The number of hydrogen-bond donors (Lipinski definition) is 2. The number of H-pyrrole nitrogens is 1. The monoisotopic (exact) mass is 598 g/mol. The van der Waals surface area contributed by atoms with Crippen molar-refractivity contribution in [3.8, 4) is 0 Å². The van der Waals surface area contributed by atoms with Crippen LogP contribution in [0.3, 0.4) is 0 Å². The minimum Gasteiger partial charge on any atom is -0.333 e. The van der Waals surface area contributed by atoms with Gasteiger partial charge in [0.2, 0.25) is 11.8 Å². The maximum absolute atomic E-state index is 14.1. The summed E-state index contributed by atoms with van der Waals surface area (Å²) in [7, 11) is 0. The first kappa shape index (κ1) is 28.2. The van der Waals surface area contributed by atoms with Crippen LogP contribution in [-0.4, -0.2) is 84.5 Å². The van der Waals surface area contributed by atoms with Crippen LogP contribution in [0.15, 0.2) is 83.8 Å². The molecule has 220 valence electrons. The van der Waals surface area contributed by atoms with E-state index < -0.39 is 23.9 Å². The molecule has 0 spiro atoms. The number of carbonyl (C=O) groups is 3. The molecule has 0 bridgehead atoms. The Balaban J connectivity index is 1.37. The molecule has 2 aliphatic rings. The smallest absolute Gasteiger partial charge is 0.333 e. The molecule has 2 atom stereocenters. The molecule has 13 heteroatoms. The fourth-order valence-corrected chi connectivity index (χ4v) is 6.43. The average molecular weight is 599 g/mol. The van der Waals surface area contributed by atoms with Gasteiger partial charge in [0.25, 0.3) is 0 Å². The summed E-state index contributed by atoms with van der Waals surface area (Å²) in [6.45, 7) is 4.57. The number of aromatic nitrogens is 3. The van der Waals surface area contributed by atoms with Crippen molar-refractivity contribution in [3.05, 3.63) is 106 Å². The van der Waals surface area contributed by atoms with Crippen molar-refractivity contribution >= 4 is 39.4 Å². The maximum Gasteiger partial charge on any atom is 0.345 e. The molecule has 0 aliphatic carbocycles. The lowest BCUT2D eigenvalue weighted by Gasteiger charge is -2.55. The molecular formula is C30H30N8O4S. The van der Waals surface area contributed by atoms with Gasteiger partial charge in [-0.3, -0.25) is 9.59 Å². The van der Waals surface area contributed by atoms with E-state index in [0.29, 0.717) is 5.69 Å². The van der Waals surface area contributed by atoms with Gasteiger partial charge in [0, 0.05) is 37.9 Å². The van der Waals surface area contributed by atoms with Crippen molar-refractivity contribution in [3.63, 3.8) is 0 Å². The number of amides is 4. The van der Waals surface area contributed by atoms with Crippen molar-refractivity contribution in [2.45, 2.75) is 31.7 Å². The number of hydrogen-bond acceptors (Lipinski definition) is 8. The first-order valence-corrected chi connectivity index (χ1v) is 14.7. The van der Waals surface area contributed by atoms with E-state index in [1.807, 2.05) is 48.5 Å². The highest BCUT2D eigenvalue weighted by atomic mass is 32.1. The predicted octanol–water partition coefficient (Wildman–Crippen LogP) is 2.12. The largest absolute Gasteiger partial charge is 0.345 e. The number of fused-ring (bicyclic) bond motifs is 2. The van der Waals surface area contributed by atoms with Crippen LogP contribution < -0.4 is 11.0 Å². The zero-order chi connectivity index (χ0) is 29.9. The van der Waals surface area contributed by atoms with Gasteiger partial charge in [-0.1, -0.05) is 48.5 Å². The van der Waals surface area contributed by atoms with E-state index in [0.717, 1.165) is 21.3 Å². The zero-order valence-corrected chi connectivity index (χ0v) is 24.1. The van der Waals surface area contributed by atoms with Crippen LogP contribution in [0.5, 0.6) is 0 Å². The van der Waals surface area contributed by atoms with Gasteiger partial charge in [0.1, 0.15) is 12.2 Å². The van der Waals surface area contributed by atoms with Gasteiger partial charge in [0.05, 0.1) is 28.8 Å². The highest BCUT2D eigenvalue weighted by molar-refractivity contribution is 7.16. The Morgan fingerprint density at radius 1 is 1.09 bits per heavy atom. The summed E-state index contributed by atoms with van der Waals surface area (Å²) in [6.07, 6.45) is 2.25. The topological polar surface area (TPSA) is 135 Å². The van der Waals surface area contributed by atoms with E-state index in [2.05, 4.69) is 26.8 Å². The standard InChI is InChI=1S/C30H30N8O4S/c1-2-13-36-18-26(39)37-23(14-22-11-12-31-29(41)34-22)28(40)35(16-21-9-6-10-24-27(21)33-19-43-24)17-25(37)38(36)30(42)32-15-20-7-4-3-5-8-20/h2-12,19,23,25H,1,13-18H2,(H,32,42)(H,31,34,41)/t23-,25-/m0/s1. The van der Waals surface area contributed by atoms with Crippen LogP contribution in [0.4, 0.5) is 4.79 Å². The third-order valence-electron chi connectivity index (χ3n) is 7.62. The number of para-hydroxylation sites is 1. The number of hydrazine groups is 1. The Kier molecular flexibility index (Phi) is 7.99. The molecular weight excluding hydrogens is 568 g/mol. The number of urea groups is 1. The summed E-state index contributed by atoms with van der Waals surface area (Å²) in [5.74, 6) is -0.578. The van der Waals surface area contributed by atoms with Crippen LogP contribution in [0.2, 0.25) is 0 Å². The number of rotatable bonds is 8. The summed E-state index contributed by atoms with van der Waals surface area (Å²) < 4.78 is 1.00. The molecule has 2 aromatic heterocycles. The van der Waals surface area contributed by atoms with Crippen molar-refractivity contribution < 1.29 is 14.4 Å². The second-order valence-corrected chi connectivity index (χ2v) is 11.2. The Morgan fingerprint density at radius 3 is 2.72 bits per heavy atom. The molecule has 2 fully saturated rings. The van der Waals surface area contributed by atoms with Gasteiger partial charge in [-0.2, -0.15) is 0 Å². The van der Waals surface area contributed by atoms with E-state index in [1.165, 1.54) is 27.4 Å². The number of benzene rings is 2. The van der Waals surface area contributed by atoms with E-state index in [-0.39, 0.29) is 51.0 Å². The molecule has 2 N–H and O–H groups in total. The fraction of sp³-hybridized carbons (Fsp3) is 0.267. The molecule has 2 aromatic carbocycles. The minimum absolute atomic E-state index is 0.0527. The number of aromatic amines is 1. The average Bonchev–Trinajstić information content (AvgIpc) is 3.49. The first-order chi connectivity index (χ1) is 20.9. The van der Waals surface area contributed by atoms with Gasteiger partial charge >= 0.3 is 11.7 Å². The molecule has 6 rings (SSSR count). The molecule has 43 heavy (non-hydrogen) atoms. The fourth-order valence-electron chi connectivity index (χ4n) is 5.71. The Hall–Kier alpha value is -4.88. The lowest BCUT2D eigenvalue weighted by molar-refractivity contribution is -0.189. The van der Waals surface area contributed by atoms with Crippen LogP contribution >= 0.6 is 11.3 Å². The molecule has 0 unspecified atom stereocenters. The predicted molar refractivity (Wildman–Crippen MR) is 160 cm³/mol. The van der Waals surface area contributed by atoms with Crippen LogP contribution in [-0.2, 0) is 29.1 Å². The van der Waals surface area contributed by atoms with Gasteiger partial charge in [0.15, 0.2) is 0 Å². The SMILES string of the molecule is C=CCN1CC(=O)N2[C@@H](Cc3ccnc(=O)[nH]3)C(=O)N(Cc3cccc4scnc34)C[C@@H]2N1C(=O)NCc1ccccc1. The molecule has 2 aliphatic heterocycles. The van der Waals surface area contributed by atoms with E-state index in [4.69, 9.17) is 0 Å². The Labute approximate surface area is 251 Å². The highest BCUT2D eigenvalue weighted by Crippen LogP contribution is 2.30.